The van der Waals surface area contributed by atoms with Crippen molar-refractivity contribution in [3.05, 3.63) is 45.2 Å². The number of carbonyl (C=O) groups is 1. The maximum absolute atomic E-state index is 12.8. The molecule has 2 N–H and O–H groups in total. The van der Waals surface area contributed by atoms with E-state index in [0.717, 1.165) is 0 Å². The minimum absolute atomic E-state index is 0.0389. The molecule has 0 aliphatic heterocycles. The van der Waals surface area contributed by atoms with E-state index >= 15 is 0 Å². The van der Waals surface area contributed by atoms with Crippen LogP contribution in [-0.4, -0.2) is 33.9 Å². The predicted octanol–water partition coefficient (Wildman–Crippen LogP) is 3.74. The van der Waals surface area contributed by atoms with Gasteiger partial charge in [0.1, 0.15) is 12.4 Å². The molecule has 0 unspecified atom stereocenters. The number of benzene rings is 1. The van der Waals surface area contributed by atoms with Crippen molar-refractivity contribution in [2.75, 3.05) is 18.8 Å². The van der Waals surface area contributed by atoms with Crippen LogP contribution in [0.25, 0.3) is 0 Å². The number of ether oxygens (including phenoxy) is 1. The number of hydrogen-bond acceptors (Lipinski definition) is 5. The molecule has 0 fully saturated rings. The Morgan fingerprint density at radius 2 is 1.92 bits per heavy atom. The number of hydrogen-bond donors (Lipinski definition) is 1. The van der Waals surface area contributed by atoms with Gasteiger partial charge in [-0.1, -0.05) is 23.2 Å². The lowest BCUT2D eigenvalue weighted by Gasteiger charge is -2.21. The van der Waals surface area contributed by atoms with Crippen molar-refractivity contribution >= 4 is 35.1 Å². The van der Waals surface area contributed by atoms with E-state index in [-0.39, 0.29) is 18.5 Å². The molecule has 25 heavy (non-hydrogen) atoms. The molecule has 0 radical (unpaired) electrons. The largest absolute Gasteiger partial charge is 0.486 e. The summed E-state index contributed by atoms with van der Waals surface area (Å²) in [7, 11) is 0. The minimum Gasteiger partial charge on any atom is -0.486 e. The van der Waals surface area contributed by atoms with Crippen molar-refractivity contribution in [1.29, 1.82) is 0 Å². The Labute approximate surface area is 156 Å². The monoisotopic (exact) mass is 382 g/mol. The molecule has 0 atom stereocenters. The first-order chi connectivity index (χ1) is 11.9. The van der Waals surface area contributed by atoms with Crippen LogP contribution >= 0.6 is 23.2 Å². The molecule has 0 aliphatic rings. The summed E-state index contributed by atoms with van der Waals surface area (Å²) >= 11 is 12.0. The fourth-order valence-corrected chi connectivity index (χ4v) is 2.91. The maximum Gasteiger partial charge on any atom is 0.257 e. The van der Waals surface area contributed by atoms with E-state index in [0.29, 0.717) is 45.8 Å². The average Bonchev–Trinajstić information content (AvgIpc) is 2.54. The van der Waals surface area contributed by atoms with E-state index in [2.05, 4.69) is 9.97 Å². The molecule has 0 aliphatic carbocycles. The van der Waals surface area contributed by atoms with Crippen molar-refractivity contribution in [3.63, 3.8) is 0 Å². The molecule has 0 saturated carbocycles. The van der Waals surface area contributed by atoms with Crippen molar-refractivity contribution in [2.24, 2.45) is 0 Å². The lowest BCUT2D eigenvalue weighted by atomic mass is 10.1. The van der Waals surface area contributed by atoms with Gasteiger partial charge in [-0.05, 0) is 39.0 Å². The standard InChI is InChI=1S/C17H20Cl2N4O2/c1-4-23(5-2)16(24)15-10(3)21-17(20)22-13(15)9-25-14-7-6-11(18)8-12(14)19/h6-8H,4-5,9H2,1-3H3,(H2,20,21,22). The minimum atomic E-state index is -0.150. The van der Waals surface area contributed by atoms with Gasteiger partial charge in [0.15, 0.2) is 0 Å². The molecule has 6 nitrogen and oxygen atoms in total. The van der Waals surface area contributed by atoms with Gasteiger partial charge in [0, 0.05) is 18.1 Å². The zero-order valence-corrected chi connectivity index (χ0v) is 15.9. The Kier molecular flexibility index (Phi) is 6.45. The summed E-state index contributed by atoms with van der Waals surface area (Å²) in [6, 6.07) is 4.91. The number of nitrogens with two attached hydrogens (primary N) is 1. The number of aryl methyl sites for hydroxylation is 1. The van der Waals surface area contributed by atoms with Gasteiger partial charge in [0.05, 0.1) is 22.0 Å². The Balaban J connectivity index is 2.34. The van der Waals surface area contributed by atoms with E-state index < -0.39 is 0 Å². The Morgan fingerprint density at radius 3 is 2.52 bits per heavy atom. The summed E-state index contributed by atoms with van der Waals surface area (Å²) in [6.45, 7) is 6.77. The zero-order chi connectivity index (χ0) is 18.6. The smallest absolute Gasteiger partial charge is 0.257 e. The van der Waals surface area contributed by atoms with Crippen LogP contribution in [0.2, 0.25) is 10.0 Å². The fraction of sp³-hybridized carbons (Fsp3) is 0.353. The van der Waals surface area contributed by atoms with Crippen LogP contribution in [0.1, 0.15) is 35.6 Å². The molecule has 0 bridgehead atoms. The number of carbonyl (C=O) groups excluding carboxylic acids is 1. The third kappa shape index (κ3) is 4.52. The molecule has 1 amide bonds. The number of amides is 1. The molecule has 134 valence electrons. The molecular formula is C17H20Cl2N4O2. The Morgan fingerprint density at radius 1 is 1.24 bits per heavy atom. The Hall–Kier alpha value is -2.05. The first-order valence-corrected chi connectivity index (χ1v) is 8.63. The van der Waals surface area contributed by atoms with E-state index in [1.54, 1.807) is 30.0 Å². The molecule has 2 rings (SSSR count). The van der Waals surface area contributed by atoms with E-state index in [9.17, 15) is 4.79 Å². The quantitative estimate of drug-likeness (QED) is 0.822. The molecular weight excluding hydrogens is 363 g/mol. The number of aromatic nitrogens is 2. The average molecular weight is 383 g/mol. The highest BCUT2D eigenvalue weighted by Crippen LogP contribution is 2.28. The topological polar surface area (TPSA) is 81.3 Å². The first kappa shape index (κ1) is 19.3. The normalized spacial score (nSPS) is 10.6. The van der Waals surface area contributed by atoms with Crippen LogP contribution in [0.15, 0.2) is 18.2 Å². The van der Waals surface area contributed by atoms with Crippen molar-refractivity contribution in [1.82, 2.24) is 14.9 Å². The highest BCUT2D eigenvalue weighted by Gasteiger charge is 2.22. The summed E-state index contributed by atoms with van der Waals surface area (Å²) in [6.07, 6.45) is 0. The van der Waals surface area contributed by atoms with Crippen LogP contribution in [0, 0.1) is 6.92 Å². The zero-order valence-electron chi connectivity index (χ0n) is 14.3. The summed E-state index contributed by atoms with van der Waals surface area (Å²) in [5, 5.41) is 0.889. The van der Waals surface area contributed by atoms with Crippen LogP contribution in [0.4, 0.5) is 5.95 Å². The summed E-state index contributed by atoms with van der Waals surface area (Å²) < 4.78 is 5.72. The molecule has 8 heteroatoms. The lowest BCUT2D eigenvalue weighted by molar-refractivity contribution is 0.0768. The SMILES string of the molecule is CCN(CC)C(=O)c1c(C)nc(N)nc1COc1ccc(Cl)cc1Cl. The third-order valence-electron chi connectivity index (χ3n) is 3.70. The second-order valence-corrected chi connectivity index (χ2v) is 6.17. The summed E-state index contributed by atoms with van der Waals surface area (Å²) in [5.74, 6) is 0.389. The van der Waals surface area contributed by atoms with Gasteiger partial charge >= 0.3 is 0 Å². The number of rotatable bonds is 6. The van der Waals surface area contributed by atoms with Crippen LogP contribution in [0.3, 0.4) is 0 Å². The number of halogens is 2. The van der Waals surface area contributed by atoms with Gasteiger partial charge in [-0.3, -0.25) is 4.79 Å². The van der Waals surface area contributed by atoms with Crippen LogP contribution in [-0.2, 0) is 6.61 Å². The predicted molar refractivity (Wildman–Crippen MR) is 99.2 cm³/mol. The highest BCUT2D eigenvalue weighted by atomic mass is 35.5. The fourth-order valence-electron chi connectivity index (χ4n) is 2.45. The molecule has 1 heterocycles. The van der Waals surface area contributed by atoms with Gasteiger partial charge in [-0.2, -0.15) is 0 Å². The second kappa shape index (κ2) is 8.36. The van der Waals surface area contributed by atoms with E-state index in [1.165, 1.54) is 0 Å². The number of nitrogens with zero attached hydrogens (tertiary/aromatic N) is 3. The number of anilines is 1. The van der Waals surface area contributed by atoms with Crippen molar-refractivity contribution in [2.45, 2.75) is 27.4 Å². The molecule has 0 saturated heterocycles. The van der Waals surface area contributed by atoms with Crippen molar-refractivity contribution in [3.8, 4) is 5.75 Å². The van der Waals surface area contributed by atoms with Crippen molar-refractivity contribution < 1.29 is 9.53 Å². The number of nitrogen functional groups attached to an aromatic ring is 1. The van der Waals surface area contributed by atoms with Gasteiger partial charge in [0.2, 0.25) is 5.95 Å². The van der Waals surface area contributed by atoms with Gasteiger partial charge in [-0.25, -0.2) is 9.97 Å². The lowest BCUT2D eigenvalue weighted by Crippen LogP contribution is -2.32. The third-order valence-corrected chi connectivity index (χ3v) is 4.24. The molecule has 1 aromatic heterocycles. The van der Waals surface area contributed by atoms with Crippen LogP contribution < -0.4 is 10.5 Å². The van der Waals surface area contributed by atoms with Gasteiger partial charge in [0.25, 0.3) is 5.91 Å². The van der Waals surface area contributed by atoms with Gasteiger partial charge in [-0.15, -0.1) is 0 Å². The van der Waals surface area contributed by atoms with E-state index in [4.69, 9.17) is 33.7 Å². The maximum atomic E-state index is 12.8. The molecule has 0 spiro atoms. The Bertz CT molecular complexity index is 779. The second-order valence-electron chi connectivity index (χ2n) is 5.33. The molecule has 2 aromatic rings. The van der Waals surface area contributed by atoms with E-state index in [1.807, 2.05) is 13.8 Å². The highest BCUT2D eigenvalue weighted by molar-refractivity contribution is 6.35. The van der Waals surface area contributed by atoms with Crippen LogP contribution in [0.5, 0.6) is 5.75 Å². The molecule has 1 aromatic carbocycles. The van der Waals surface area contributed by atoms with Gasteiger partial charge < -0.3 is 15.4 Å². The first-order valence-electron chi connectivity index (χ1n) is 7.87. The summed E-state index contributed by atoms with van der Waals surface area (Å²) in [5.41, 5.74) is 7.09. The summed E-state index contributed by atoms with van der Waals surface area (Å²) in [4.78, 5) is 22.8.